The maximum absolute atomic E-state index is 15.4. The number of carbonyl (C=O) groups is 1. The van der Waals surface area contributed by atoms with Gasteiger partial charge < -0.3 is 14.5 Å². The van der Waals surface area contributed by atoms with Gasteiger partial charge in [0.05, 0.1) is 7.11 Å². The fourth-order valence-electron chi connectivity index (χ4n) is 5.64. The van der Waals surface area contributed by atoms with Crippen LogP contribution in [0, 0.1) is 12.7 Å². The molecular weight excluding hydrogens is 479 g/mol. The lowest BCUT2D eigenvalue weighted by Crippen LogP contribution is -2.48. The maximum Gasteiger partial charge on any atom is 0.260 e. The maximum atomic E-state index is 15.4. The Bertz CT molecular complexity index is 1290. The predicted molar refractivity (Wildman–Crippen MR) is 150 cm³/mol. The first-order valence-corrected chi connectivity index (χ1v) is 13.6. The van der Waals surface area contributed by atoms with Crippen LogP contribution in [0.2, 0.25) is 0 Å². The smallest absolute Gasteiger partial charge is 0.260 e. The number of aromatic nitrogens is 1. The summed E-state index contributed by atoms with van der Waals surface area (Å²) in [7, 11) is 1.48. The number of carbonyl (C=O) groups excluding carboxylic acids is 1. The molecule has 3 aromatic rings. The number of hydrogen-bond donors (Lipinski definition) is 0. The zero-order valence-electron chi connectivity index (χ0n) is 22.8. The van der Waals surface area contributed by atoms with Crippen LogP contribution >= 0.6 is 0 Å². The summed E-state index contributed by atoms with van der Waals surface area (Å²) < 4.78 is 20.9. The summed E-state index contributed by atoms with van der Waals surface area (Å²) >= 11 is 0. The lowest BCUT2D eigenvalue weighted by molar-refractivity contribution is 0.0784. The summed E-state index contributed by atoms with van der Waals surface area (Å²) in [6, 6.07) is 12.4. The molecule has 0 unspecified atom stereocenters. The Balaban J connectivity index is 1.41. The Morgan fingerprint density at radius 3 is 2.16 bits per heavy atom. The molecule has 2 saturated heterocycles. The third kappa shape index (κ3) is 5.12. The molecule has 6 nitrogen and oxygen atoms in total. The molecule has 2 aliphatic heterocycles. The lowest BCUT2D eigenvalue weighted by Gasteiger charge is -2.38. The predicted octanol–water partition coefficient (Wildman–Crippen LogP) is 5.64. The van der Waals surface area contributed by atoms with Crippen LogP contribution in [-0.4, -0.2) is 73.1 Å². The van der Waals surface area contributed by atoms with Crippen molar-refractivity contribution in [3.63, 3.8) is 0 Å². The lowest BCUT2D eigenvalue weighted by atomic mass is 9.94. The number of ether oxygens (including phenoxy) is 1. The van der Waals surface area contributed by atoms with Gasteiger partial charge in [-0.15, -0.1) is 0 Å². The van der Waals surface area contributed by atoms with Crippen molar-refractivity contribution in [3.05, 3.63) is 65.7 Å². The second-order valence-corrected chi connectivity index (χ2v) is 10.6. The zero-order valence-corrected chi connectivity index (χ0v) is 22.8. The summed E-state index contributed by atoms with van der Waals surface area (Å²) in [5.41, 5.74) is 5.75. The van der Waals surface area contributed by atoms with Gasteiger partial charge in [0.1, 0.15) is 17.1 Å². The number of rotatable bonds is 6. The summed E-state index contributed by atoms with van der Waals surface area (Å²) in [4.78, 5) is 24.1. The van der Waals surface area contributed by atoms with E-state index in [1.54, 1.807) is 17.2 Å². The van der Waals surface area contributed by atoms with E-state index < -0.39 is 5.82 Å². The molecule has 0 bridgehead atoms. The molecule has 38 heavy (non-hydrogen) atoms. The molecule has 7 heteroatoms. The van der Waals surface area contributed by atoms with Crippen LogP contribution in [-0.2, 0) is 0 Å². The van der Waals surface area contributed by atoms with Crippen LogP contribution in [0.15, 0.2) is 48.8 Å². The van der Waals surface area contributed by atoms with Crippen LogP contribution < -0.4 is 9.64 Å². The molecule has 0 aliphatic carbocycles. The molecule has 5 rings (SSSR count). The largest absolute Gasteiger partial charge is 0.496 e. The van der Waals surface area contributed by atoms with E-state index in [1.807, 2.05) is 13.1 Å². The Morgan fingerprint density at radius 1 is 0.921 bits per heavy atom. The summed E-state index contributed by atoms with van der Waals surface area (Å²) in [6.45, 7) is 12.0. The van der Waals surface area contributed by atoms with E-state index in [4.69, 9.17) is 4.74 Å². The Kier molecular flexibility index (Phi) is 7.65. The highest BCUT2D eigenvalue weighted by molar-refractivity contribution is 5.98. The van der Waals surface area contributed by atoms with Crippen molar-refractivity contribution in [2.75, 3.05) is 51.3 Å². The molecule has 200 valence electrons. The van der Waals surface area contributed by atoms with Crippen molar-refractivity contribution in [1.82, 2.24) is 14.8 Å². The normalized spacial score (nSPS) is 16.4. The standard InChI is InChI=1S/C31H37FN4O2/c1-21(2)34-13-15-35(16-14-34)25-9-7-23(8-10-25)26-19-33-20-27(22(26)3)24-17-28(32)30(29(18-24)38-4)31(37)36-11-5-6-12-36/h7-10,17-21H,5-6,11-16H2,1-4H3. The summed E-state index contributed by atoms with van der Waals surface area (Å²) in [5, 5.41) is 0. The molecule has 2 aliphatic rings. The van der Waals surface area contributed by atoms with E-state index in [-0.39, 0.29) is 17.2 Å². The SMILES string of the molecule is COc1cc(-c2cncc(-c3ccc(N4CCN(C(C)C)CC4)cc3)c2C)cc(F)c1C(=O)N1CCCC1. The first kappa shape index (κ1) is 26.2. The Labute approximate surface area is 225 Å². The fourth-order valence-corrected chi connectivity index (χ4v) is 5.64. The monoisotopic (exact) mass is 516 g/mol. The van der Waals surface area contributed by atoms with Gasteiger partial charge >= 0.3 is 0 Å². The molecule has 2 fully saturated rings. The highest BCUT2D eigenvalue weighted by Crippen LogP contribution is 2.36. The van der Waals surface area contributed by atoms with Gasteiger partial charge in [-0.25, -0.2) is 4.39 Å². The van der Waals surface area contributed by atoms with Crippen LogP contribution in [0.25, 0.3) is 22.3 Å². The molecule has 0 spiro atoms. The average Bonchev–Trinajstić information content (AvgIpc) is 3.48. The Hall–Kier alpha value is -3.45. The van der Waals surface area contributed by atoms with Gasteiger partial charge in [-0.2, -0.15) is 0 Å². The van der Waals surface area contributed by atoms with E-state index in [2.05, 4.69) is 52.9 Å². The van der Waals surface area contributed by atoms with Gasteiger partial charge in [0.25, 0.3) is 5.91 Å². The summed E-state index contributed by atoms with van der Waals surface area (Å²) in [6.07, 6.45) is 5.49. The second kappa shape index (κ2) is 11.1. The number of amides is 1. The number of anilines is 1. The second-order valence-electron chi connectivity index (χ2n) is 10.6. The number of methoxy groups -OCH3 is 1. The van der Waals surface area contributed by atoms with E-state index in [9.17, 15) is 4.79 Å². The Morgan fingerprint density at radius 2 is 1.55 bits per heavy atom. The minimum atomic E-state index is -0.567. The first-order chi connectivity index (χ1) is 18.4. The minimum absolute atomic E-state index is 0.00438. The third-order valence-electron chi connectivity index (χ3n) is 8.00. The van der Waals surface area contributed by atoms with Gasteiger partial charge in [-0.05, 0) is 74.6 Å². The number of halogens is 1. The molecule has 2 aromatic carbocycles. The van der Waals surface area contributed by atoms with Crippen molar-refractivity contribution in [2.45, 2.75) is 39.7 Å². The van der Waals surface area contributed by atoms with Crippen molar-refractivity contribution in [2.24, 2.45) is 0 Å². The van der Waals surface area contributed by atoms with E-state index >= 15 is 4.39 Å². The fraction of sp³-hybridized carbons (Fsp3) is 0.419. The molecule has 3 heterocycles. The van der Waals surface area contributed by atoms with Gasteiger partial charge in [0, 0.05) is 74.5 Å². The van der Waals surface area contributed by atoms with Crippen molar-refractivity contribution < 1.29 is 13.9 Å². The van der Waals surface area contributed by atoms with Crippen LogP contribution in [0.4, 0.5) is 10.1 Å². The van der Waals surface area contributed by atoms with Crippen LogP contribution in [0.5, 0.6) is 5.75 Å². The molecular formula is C31H37FN4O2. The molecule has 0 atom stereocenters. The van der Waals surface area contributed by atoms with Crippen molar-refractivity contribution in [3.8, 4) is 28.0 Å². The summed E-state index contributed by atoms with van der Waals surface area (Å²) in [5.74, 6) is -0.621. The zero-order chi connectivity index (χ0) is 26.8. The molecule has 1 aromatic heterocycles. The number of benzene rings is 2. The van der Waals surface area contributed by atoms with Gasteiger partial charge in [-0.3, -0.25) is 14.7 Å². The quantitative estimate of drug-likeness (QED) is 0.425. The average molecular weight is 517 g/mol. The van der Waals surface area contributed by atoms with Crippen molar-refractivity contribution >= 4 is 11.6 Å². The number of hydrogen-bond acceptors (Lipinski definition) is 5. The molecule has 1 amide bonds. The minimum Gasteiger partial charge on any atom is -0.496 e. The van der Waals surface area contributed by atoms with E-state index in [0.29, 0.717) is 24.7 Å². The highest BCUT2D eigenvalue weighted by Gasteiger charge is 2.27. The molecule has 0 saturated carbocycles. The van der Waals surface area contributed by atoms with Crippen LogP contribution in [0.3, 0.4) is 0 Å². The third-order valence-corrected chi connectivity index (χ3v) is 8.00. The highest BCUT2D eigenvalue weighted by atomic mass is 19.1. The first-order valence-electron chi connectivity index (χ1n) is 13.6. The molecule has 0 N–H and O–H groups in total. The van der Waals surface area contributed by atoms with Gasteiger partial charge in [0.2, 0.25) is 0 Å². The molecule has 0 radical (unpaired) electrons. The van der Waals surface area contributed by atoms with Crippen LogP contribution in [0.1, 0.15) is 42.6 Å². The topological polar surface area (TPSA) is 48.9 Å². The van der Waals surface area contributed by atoms with Gasteiger partial charge in [0.15, 0.2) is 0 Å². The van der Waals surface area contributed by atoms with E-state index in [1.165, 1.54) is 18.9 Å². The van der Waals surface area contributed by atoms with E-state index in [0.717, 1.165) is 61.3 Å². The number of nitrogens with zero attached hydrogens (tertiary/aromatic N) is 4. The number of piperazine rings is 1. The van der Waals surface area contributed by atoms with Gasteiger partial charge in [-0.1, -0.05) is 12.1 Å². The number of pyridine rings is 1. The van der Waals surface area contributed by atoms with Crippen molar-refractivity contribution in [1.29, 1.82) is 0 Å². The number of likely N-dealkylation sites (tertiary alicyclic amines) is 1.